The van der Waals surface area contributed by atoms with Gasteiger partial charge in [-0.2, -0.15) is 0 Å². The third-order valence-electron chi connectivity index (χ3n) is 3.84. The first kappa shape index (κ1) is 17.7. The van der Waals surface area contributed by atoms with Crippen LogP contribution in [0.1, 0.15) is 29.8 Å². The molecule has 1 aromatic heterocycles. The molecule has 21 heavy (non-hydrogen) atoms. The van der Waals surface area contributed by atoms with E-state index in [1.165, 1.54) is 0 Å². The summed E-state index contributed by atoms with van der Waals surface area (Å²) in [4.78, 5) is 16.4. The molecule has 0 aliphatic heterocycles. The molecular formula is C15H19Cl2N3O. The Morgan fingerprint density at radius 3 is 2.62 bits per heavy atom. The van der Waals surface area contributed by atoms with Gasteiger partial charge in [-0.1, -0.05) is 24.3 Å². The van der Waals surface area contributed by atoms with Gasteiger partial charge in [0, 0.05) is 23.7 Å². The highest BCUT2D eigenvalue weighted by Gasteiger charge is 2.32. The normalized spacial score (nSPS) is 15.3. The Morgan fingerprint density at radius 1 is 1.24 bits per heavy atom. The van der Waals surface area contributed by atoms with Crippen molar-refractivity contribution in [1.29, 1.82) is 0 Å². The van der Waals surface area contributed by atoms with Gasteiger partial charge in [0.2, 0.25) is 0 Å². The zero-order chi connectivity index (χ0) is 13.3. The van der Waals surface area contributed by atoms with Crippen LogP contribution in [0.4, 0.5) is 0 Å². The van der Waals surface area contributed by atoms with Crippen LogP contribution in [0.25, 0.3) is 10.8 Å². The summed E-state index contributed by atoms with van der Waals surface area (Å²) in [5, 5.41) is 4.81. The van der Waals surface area contributed by atoms with Gasteiger partial charge in [-0.15, -0.1) is 24.8 Å². The molecule has 1 fully saturated rings. The smallest absolute Gasteiger partial charge is 0.270 e. The number of benzene rings is 1. The first-order chi connectivity index (χ1) is 9.18. The van der Waals surface area contributed by atoms with Gasteiger partial charge in [0.1, 0.15) is 5.69 Å². The lowest BCUT2D eigenvalue weighted by Crippen LogP contribution is -2.55. The highest BCUT2D eigenvalue weighted by molar-refractivity contribution is 6.05. The molecule has 0 saturated heterocycles. The zero-order valence-corrected chi connectivity index (χ0v) is 13.2. The molecule has 1 saturated carbocycles. The fraction of sp³-hybridized carbons (Fsp3) is 0.333. The van der Waals surface area contributed by atoms with Crippen molar-refractivity contribution in [1.82, 2.24) is 10.3 Å². The maximum Gasteiger partial charge on any atom is 0.270 e. The average Bonchev–Trinajstić information content (AvgIpc) is 2.42. The summed E-state index contributed by atoms with van der Waals surface area (Å²) in [5.74, 6) is -0.145. The average molecular weight is 328 g/mol. The lowest BCUT2D eigenvalue weighted by molar-refractivity contribution is 0.0926. The highest BCUT2D eigenvalue weighted by Crippen LogP contribution is 2.28. The van der Waals surface area contributed by atoms with Gasteiger partial charge < -0.3 is 11.1 Å². The van der Waals surface area contributed by atoms with Crippen molar-refractivity contribution < 1.29 is 4.79 Å². The number of hydrogen-bond donors (Lipinski definition) is 2. The first-order valence-electron chi connectivity index (χ1n) is 6.59. The van der Waals surface area contributed by atoms with E-state index >= 15 is 0 Å². The predicted octanol–water partition coefficient (Wildman–Crippen LogP) is 2.69. The fourth-order valence-electron chi connectivity index (χ4n) is 2.45. The molecule has 6 heteroatoms. The van der Waals surface area contributed by atoms with Gasteiger partial charge in [-0.25, -0.2) is 0 Å². The number of fused-ring (bicyclic) bond motifs is 1. The first-order valence-corrected chi connectivity index (χ1v) is 6.59. The van der Waals surface area contributed by atoms with Crippen LogP contribution in [0.5, 0.6) is 0 Å². The van der Waals surface area contributed by atoms with Crippen molar-refractivity contribution in [2.75, 3.05) is 6.54 Å². The summed E-state index contributed by atoms with van der Waals surface area (Å²) in [7, 11) is 0. The number of halogens is 2. The van der Waals surface area contributed by atoms with E-state index in [1.54, 1.807) is 6.20 Å². The van der Waals surface area contributed by atoms with Crippen molar-refractivity contribution in [3.63, 3.8) is 0 Å². The molecule has 1 heterocycles. The Morgan fingerprint density at radius 2 is 1.95 bits per heavy atom. The number of hydrogen-bond acceptors (Lipinski definition) is 3. The Bertz CT molecular complexity index is 624. The van der Waals surface area contributed by atoms with E-state index in [2.05, 4.69) is 10.3 Å². The molecule has 0 spiro atoms. The zero-order valence-electron chi connectivity index (χ0n) is 11.5. The second-order valence-electron chi connectivity index (χ2n) is 5.28. The van der Waals surface area contributed by atoms with Crippen LogP contribution in [0.2, 0.25) is 0 Å². The summed E-state index contributed by atoms with van der Waals surface area (Å²) >= 11 is 0. The Labute approximate surface area is 136 Å². The largest absolute Gasteiger partial charge is 0.349 e. The van der Waals surface area contributed by atoms with Crippen LogP contribution in [0.3, 0.4) is 0 Å². The molecule has 0 bridgehead atoms. The number of carbonyl (C=O) groups excluding carboxylic acids is 1. The number of nitrogens with one attached hydrogen (secondary N) is 1. The minimum atomic E-state index is -0.208. The van der Waals surface area contributed by atoms with Gasteiger partial charge >= 0.3 is 0 Å². The van der Waals surface area contributed by atoms with Crippen LogP contribution >= 0.6 is 24.8 Å². The van der Waals surface area contributed by atoms with Gasteiger partial charge in [0.05, 0.1) is 0 Å². The molecule has 0 unspecified atom stereocenters. The minimum Gasteiger partial charge on any atom is -0.349 e. The Kier molecular flexibility index (Phi) is 5.96. The quantitative estimate of drug-likeness (QED) is 0.910. The fourth-order valence-corrected chi connectivity index (χ4v) is 2.45. The lowest BCUT2D eigenvalue weighted by atomic mass is 9.78. The van der Waals surface area contributed by atoms with Crippen LogP contribution in [-0.2, 0) is 0 Å². The van der Waals surface area contributed by atoms with Crippen molar-refractivity contribution in [2.45, 2.75) is 24.8 Å². The molecule has 1 aliphatic rings. The molecule has 114 valence electrons. The highest BCUT2D eigenvalue weighted by atomic mass is 35.5. The molecule has 4 nitrogen and oxygen atoms in total. The standard InChI is InChI=1S/C15H17N3O.2ClH/c16-15(7-3-8-15)10-18-14(19)13-12-5-2-1-4-11(12)6-9-17-13;;/h1-2,4-6,9H,3,7-8,10,16H2,(H,18,19);2*1H. The van der Waals surface area contributed by atoms with Crippen molar-refractivity contribution in [3.8, 4) is 0 Å². The van der Waals surface area contributed by atoms with E-state index in [9.17, 15) is 4.79 Å². The van der Waals surface area contributed by atoms with Crippen LogP contribution < -0.4 is 11.1 Å². The molecule has 1 aliphatic carbocycles. The summed E-state index contributed by atoms with van der Waals surface area (Å²) in [6, 6.07) is 9.66. The molecule has 0 radical (unpaired) electrons. The Hall–Kier alpha value is -1.36. The van der Waals surface area contributed by atoms with E-state index in [-0.39, 0.29) is 36.3 Å². The van der Waals surface area contributed by atoms with Gasteiger partial charge in [0.25, 0.3) is 5.91 Å². The number of rotatable bonds is 3. The van der Waals surface area contributed by atoms with E-state index in [0.29, 0.717) is 12.2 Å². The van der Waals surface area contributed by atoms with E-state index in [4.69, 9.17) is 5.73 Å². The van der Waals surface area contributed by atoms with Crippen LogP contribution in [0, 0.1) is 0 Å². The van der Waals surface area contributed by atoms with E-state index in [0.717, 1.165) is 30.0 Å². The SMILES string of the molecule is Cl.Cl.NC1(CNC(=O)c2nccc3ccccc23)CCC1. The van der Waals surface area contributed by atoms with Crippen LogP contribution in [-0.4, -0.2) is 23.0 Å². The third-order valence-corrected chi connectivity index (χ3v) is 3.84. The molecule has 3 N–H and O–H groups in total. The number of nitrogens with zero attached hydrogens (tertiary/aromatic N) is 1. The summed E-state index contributed by atoms with van der Waals surface area (Å²) in [5.41, 5.74) is 6.37. The van der Waals surface area contributed by atoms with Crippen molar-refractivity contribution in [3.05, 3.63) is 42.2 Å². The molecule has 2 aromatic rings. The molecule has 3 rings (SSSR count). The number of carbonyl (C=O) groups is 1. The maximum atomic E-state index is 12.2. The number of nitrogens with two attached hydrogens (primary N) is 1. The van der Waals surface area contributed by atoms with Crippen LogP contribution in [0.15, 0.2) is 36.5 Å². The predicted molar refractivity (Wildman–Crippen MR) is 89.3 cm³/mol. The number of aromatic nitrogens is 1. The third kappa shape index (κ3) is 3.64. The van der Waals surface area contributed by atoms with Crippen molar-refractivity contribution >= 4 is 41.5 Å². The molecule has 1 aromatic carbocycles. The van der Waals surface area contributed by atoms with Gasteiger partial charge in [-0.05, 0) is 30.7 Å². The van der Waals surface area contributed by atoms with Crippen molar-refractivity contribution in [2.24, 2.45) is 5.73 Å². The molecule has 1 amide bonds. The Balaban J connectivity index is 0.00000110. The number of pyridine rings is 1. The second kappa shape index (κ2) is 7.07. The van der Waals surface area contributed by atoms with Gasteiger partial charge in [0.15, 0.2) is 0 Å². The van der Waals surface area contributed by atoms with E-state index in [1.807, 2.05) is 30.3 Å². The molecule has 0 atom stereocenters. The topological polar surface area (TPSA) is 68.0 Å². The van der Waals surface area contributed by atoms with Gasteiger partial charge in [-0.3, -0.25) is 9.78 Å². The molecular weight excluding hydrogens is 309 g/mol. The summed E-state index contributed by atoms with van der Waals surface area (Å²) in [6.45, 7) is 0.525. The summed E-state index contributed by atoms with van der Waals surface area (Å²) in [6.07, 6.45) is 4.78. The maximum absolute atomic E-state index is 12.2. The second-order valence-corrected chi connectivity index (χ2v) is 5.28. The van der Waals surface area contributed by atoms with E-state index < -0.39 is 0 Å². The number of amides is 1. The monoisotopic (exact) mass is 327 g/mol. The minimum absolute atomic E-state index is 0. The lowest BCUT2D eigenvalue weighted by Gasteiger charge is -2.38. The summed E-state index contributed by atoms with van der Waals surface area (Å²) < 4.78 is 0.